The van der Waals surface area contributed by atoms with E-state index in [1.54, 1.807) is 7.11 Å². The molecule has 0 saturated carbocycles. The summed E-state index contributed by atoms with van der Waals surface area (Å²) in [5, 5.41) is 4.65. The summed E-state index contributed by atoms with van der Waals surface area (Å²) in [6, 6.07) is 14.3. The number of furan rings is 1. The lowest BCUT2D eigenvalue weighted by Crippen LogP contribution is -2.28. The van der Waals surface area contributed by atoms with Crippen LogP contribution in [-0.2, 0) is 6.54 Å². The van der Waals surface area contributed by atoms with E-state index in [9.17, 15) is 0 Å². The monoisotopic (exact) mass is 338 g/mol. The number of nitrogens with one attached hydrogen (secondary N) is 3. The highest BCUT2D eigenvalue weighted by Gasteiger charge is 2.30. The molecule has 2 aromatic heterocycles. The predicted octanol–water partition coefficient (Wildman–Crippen LogP) is 2.39. The number of hydrogen-bond acceptors (Lipinski definition) is 6. The molecule has 0 spiro atoms. The normalized spacial score (nSPS) is 20.2. The van der Waals surface area contributed by atoms with E-state index in [2.05, 4.69) is 33.3 Å². The number of para-hydroxylation sites is 1. The lowest BCUT2D eigenvalue weighted by Gasteiger charge is -2.17. The Morgan fingerprint density at radius 1 is 1.28 bits per heavy atom. The molecule has 0 aliphatic carbocycles. The minimum Gasteiger partial charge on any atom is -0.481 e. The van der Waals surface area contributed by atoms with Crippen molar-refractivity contribution in [2.45, 2.75) is 12.6 Å². The van der Waals surface area contributed by atoms with Gasteiger partial charge in [-0.15, -0.1) is 0 Å². The summed E-state index contributed by atoms with van der Waals surface area (Å²) in [5.74, 6) is 2.02. The molecule has 4 rings (SSSR count). The van der Waals surface area contributed by atoms with Crippen LogP contribution in [0.4, 0.5) is 0 Å². The lowest BCUT2D eigenvalue weighted by atomic mass is 9.99. The Hall–Kier alpha value is -2.41. The van der Waals surface area contributed by atoms with E-state index in [4.69, 9.17) is 9.15 Å². The van der Waals surface area contributed by atoms with Crippen LogP contribution in [0.3, 0.4) is 0 Å². The number of benzene rings is 1. The van der Waals surface area contributed by atoms with Crippen molar-refractivity contribution in [2.24, 2.45) is 5.92 Å². The van der Waals surface area contributed by atoms with Crippen LogP contribution in [0.25, 0.3) is 11.0 Å². The summed E-state index contributed by atoms with van der Waals surface area (Å²) in [5.41, 5.74) is 8.66. The predicted molar refractivity (Wildman–Crippen MR) is 96.1 cm³/mol. The fourth-order valence-electron chi connectivity index (χ4n) is 3.22. The molecule has 130 valence electrons. The van der Waals surface area contributed by atoms with E-state index in [0.717, 1.165) is 41.9 Å². The first-order chi connectivity index (χ1) is 12.3. The van der Waals surface area contributed by atoms with E-state index in [1.165, 1.54) is 0 Å². The van der Waals surface area contributed by atoms with Gasteiger partial charge in [-0.2, -0.15) is 0 Å². The van der Waals surface area contributed by atoms with Crippen LogP contribution < -0.4 is 20.9 Å². The maximum atomic E-state index is 6.02. The van der Waals surface area contributed by atoms with E-state index in [1.807, 2.05) is 36.5 Å². The molecule has 1 aromatic carbocycles. The highest BCUT2D eigenvalue weighted by Crippen LogP contribution is 2.29. The number of methoxy groups -OCH3 is 1. The molecule has 0 radical (unpaired) electrons. The molecular formula is C19H22N4O2. The van der Waals surface area contributed by atoms with Crippen molar-refractivity contribution in [3.8, 4) is 5.88 Å². The fraction of sp³-hybridized carbons (Fsp3) is 0.316. The number of ether oxygens (including phenoxy) is 1. The SMILES string of the molecule is COc1ccc(CNCC2CNNC2c2cc3ccccc3o2)cn1. The number of fused-ring (bicyclic) bond motifs is 1. The van der Waals surface area contributed by atoms with Gasteiger partial charge in [-0.3, -0.25) is 5.43 Å². The fourth-order valence-corrected chi connectivity index (χ4v) is 3.22. The molecule has 6 heteroatoms. The van der Waals surface area contributed by atoms with Gasteiger partial charge in [0.2, 0.25) is 5.88 Å². The van der Waals surface area contributed by atoms with Crippen LogP contribution in [-0.4, -0.2) is 25.2 Å². The third-order valence-electron chi connectivity index (χ3n) is 4.59. The second-order valence-electron chi connectivity index (χ2n) is 6.29. The summed E-state index contributed by atoms with van der Waals surface area (Å²) < 4.78 is 11.1. The van der Waals surface area contributed by atoms with Crippen molar-refractivity contribution in [3.05, 3.63) is 60.0 Å². The van der Waals surface area contributed by atoms with Crippen LogP contribution in [0, 0.1) is 5.92 Å². The van der Waals surface area contributed by atoms with Crippen LogP contribution in [0.1, 0.15) is 17.4 Å². The van der Waals surface area contributed by atoms with Crippen molar-refractivity contribution >= 4 is 11.0 Å². The molecule has 1 aliphatic heterocycles. The first kappa shape index (κ1) is 16.1. The molecule has 25 heavy (non-hydrogen) atoms. The maximum Gasteiger partial charge on any atom is 0.212 e. The molecule has 2 unspecified atom stereocenters. The minimum atomic E-state index is 0.161. The van der Waals surface area contributed by atoms with Crippen LogP contribution >= 0.6 is 0 Å². The topological polar surface area (TPSA) is 71.3 Å². The summed E-state index contributed by atoms with van der Waals surface area (Å²) in [4.78, 5) is 4.23. The summed E-state index contributed by atoms with van der Waals surface area (Å²) in [6.07, 6.45) is 1.84. The first-order valence-electron chi connectivity index (χ1n) is 8.50. The van der Waals surface area contributed by atoms with Crippen molar-refractivity contribution in [3.63, 3.8) is 0 Å². The average Bonchev–Trinajstić information content (AvgIpc) is 3.28. The van der Waals surface area contributed by atoms with Gasteiger partial charge in [0.15, 0.2) is 0 Å². The zero-order chi connectivity index (χ0) is 17.1. The number of aromatic nitrogens is 1. The standard InChI is InChI=1S/C19H22N4O2/c1-24-18-7-6-13(10-21-18)9-20-11-15-12-22-23-19(15)17-8-14-4-2-3-5-16(14)25-17/h2-8,10,15,19-20,22-23H,9,11-12H2,1H3. The zero-order valence-electron chi connectivity index (χ0n) is 14.2. The van der Waals surface area contributed by atoms with Gasteiger partial charge in [0.25, 0.3) is 0 Å². The molecule has 3 aromatic rings. The molecule has 1 aliphatic rings. The van der Waals surface area contributed by atoms with Crippen LogP contribution in [0.15, 0.2) is 53.1 Å². The summed E-state index contributed by atoms with van der Waals surface area (Å²) in [6.45, 7) is 2.56. The summed E-state index contributed by atoms with van der Waals surface area (Å²) >= 11 is 0. The van der Waals surface area contributed by atoms with E-state index in [0.29, 0.717) is 11.8 Å². The molecule has 0 bridgehead atoms. The number of nitrogens with zero attached hydrogens (tertiary/aromatic N) is 1. The van der Waals surface area contributed by atoms with Gasteiger partial charge in [0.05, 0.1) is 13.2 Å². The summed E-state index contributed by atoms with van der Waals surface area (Å²) in [7, 11) is 1.62. The molecule has 2 atom stereocenters. The van der Waals surface area contributed by atoms with E-state index < -0.39 is 0 Å². The quantitative estimate of drug-likeness (QED) is 0.641. The van der Waals surface area contributed by atoms with Gasteiger partial charge in [-0.1, -0.05) is 24.3 Å². The Kier molecular flexibility index (Phi) is 4.65. The second kappa shape index (κ2) is 7.23. The molecule has 3 heterocycles. The molecule has 3 N–H and O–H groups in total. The molecule has 6 nitrogen and oxygen atoms in total. The second-order valence-corrected chi connectivity index (χ2v) is 6.29. The Morgan fingerprint density at radius 3 is 3.00 bits per heavy atom. The van der Waals surface area contributed by atoms with Gasteiger partial charge in [0, 0.05) is 43.2 Å². The Labute approximate surface area is 146 Å². The van der Waals surface area contributed by atoms with Gasteiger partial charge in [-0.05, 0) is 17.7 Å². The highest BCUT2D eigenvalue weighted by atomic mass is 16.5. The van der Waals surface area contributed by atoms with E-state index >= 15 is 0 Å². The minimum absolute atomic E-state index is 0.161. The largest absolute Gasteiger partial charge is 0.481 e. The molecule has 1 fully saturated rings. The Balaban J connectivity index is 1.37. The first-order valence-corrected chi connectivity index (χ1v) is 8.50. The number of pyridine rings is 1. The molecule has 0 amide bonds. The maximum absolute atomic E-state index is 6.02. The van der Waals surface area contributed by atoms with Crippen LogP contribution in [0.2, 0.25) is 0 Å². The van der Waals surface area contributed by atoms with Gasteiger partial charge >= 0.3 is 0 Å². The molecule has 1 saturated heterocycles. The van der Waals surface area contributed by atoms with Crippen molar-refractivity contribution < 1.29 is 9.15 Å². The third kappa shape index (κ3) is 3.51. The average molecular weight is 338 g/mol. The van der Waals surface area contributed by atoms with Crippen molar-refractivity contribution in [1.82, 2.24) is 21.2 Å². The zero-order valence-corrected chi connectivity index (χ0v) is 14.2. The van der Waals surface area contributed by atoms with Crippen molar-refractivity contribution in [2.75, 3.05) is 20.2 Å². The van der Waals surface area contributed by atoms with Crippen LogP contribution in [0.5, 0.6) is 5.88 Å². The number of rotatable bonds is 6. The van der Waals surface area contributed by atoms with E-state index in [-0.39, 0.29) is 6.04 Å². The van der Waals surface area contributed by atoms with Gasteiger partial charge in [-0.25, -0.2) is 10.4 Å². The number of hydrogen-bond donors (Lipinski definition) is 3. The Bertz CT molecular complexity index is 798. The third-order valence-corrected chi connectivity index (χ3v) is 4.59. The molecular weight excluding hydrogens is 316 g/mol. The van der Waals surface area contributed by atoms with Crippen molar-refractivity contribution in [1.29, 1.82) is 0 Å². The smallest absolute Gasteiger partial charge is 0.212 e. The van der Waals surface area contributed by atoms with Gasteiger partial charge < -0.3 is 14.5 Å². The lowest BCUT2D eigenvalue weighted by molar-refractivity contribution is 0.378. The highest BCUT2D eigenvalue weighted by molar-refractivity contribution is 5.77. The number of hydrazine groups is 1. The Morgan fingerprint density at radius 2 is 2.20 bits per heavy atom. The van der Waals surface area contributed by atoms with Gasteiger partial charge in [0.1, 0.15) is 11.3 Å².